The van der Waals surface area contributed by atoms with E-state index in [0.717, 1.165) is 12.1 Å². The number of aromatic carboxylic acids is 1. The zero-order chi connectivity index (χ0) is 11.2. The quantitative estimate of drug-likeness (QED) is 0.769. The normalized spacial score (nSPS) is 19.1. The van der Waals surface area contributed by atoms with Crippen LogP contribution in [0.4, 0.5) is 4.39 Å². The number of rotatable bonds is 1. The van der Waals surface area contributed by atoms with E-state index in [4.69, 9.17) is 5.11 Å². The summed E-state index contributed by atoms with van der Waals surface area (Å²) < 4.78 is 13.4. The molecule has 1 aromatic rings. The summed E-state index contributed by atoms with van der Waals surface area (Å²) in [5, 5.41) is 8.87. The Balaban J connectivity index is 2.75. The van der Waals surface area contributed by atoms with E-state index in [0.29, 0.717) is 0 Å². The highest BCUT2D eigenvalue weighted by atomic mass is 19.1. The summed E-state index contributed by atoms with van der Waals surface area (Å²) in [6, 6.07) is 2.25. The van der Waals surface area contributed by atoms with Gasteiger partial charge in [0.15, 0.2) is 5.78 Å². The first-order valence-corrected chi connectivity index (χ1v) is 4.61. The second kappa shape index (κ2) is 3.15. The van der Waals surface area contributed by atoms with Gasteiger partial charge in [-0.2, -0.15) is 0 Å². The Morgan fingerprint density at radius 2 is 2.20 bits per heavy atom. The van der Waals surface area contributed by atoms with Crippen molar-refractivity contribution in [2.24, 2.45) is 0 Å². The molecule has 1 aliphatic carbocycles. The molecule has 0 bridgehead atoms. The van der Waals surface area contributed by atoms with E-state index in [2.05, 4.69) is 0 Å². The Hall–Kier alpha value is -1.71. The van der Waals surface area contributed by atoms with Crippen LogP contribution in [0.25, 0.3) is 0 Å². The largest absolute Gasteiger partial charge is 0.478 e. The van der Waals surface area contributed by atoms with Gasteiger partial charge in [-0.1, -0.05) is 6.92 Å². The van der Waals surface area contributed by atoms with Crippen molar-refractivity contribution in [3.63, 3.8) is 0 Å². The Morgan fingerprint density at radius 1 is 1.53 bits per heavy atom. The maximum absolute atomic E-state index is 13.4. The Bertz CT molecular complexity index is 465. The number of hydrogen-bond acceptors (Lipinski definition) is 2. The molecule has 0 saturated carbocycles. The van der Waals surface area contributed by atoms with E-state index in [1.165, 1.54) is 0 Å². The maximum atomic E-state index is 13.4. The molecule has 1 aliphatic rings. The molecule has 4 heteroatoms. The first-order chi connectivity index (χ1) is 7.02. The molecule has 78 valence electrons. The number of carbonyl (C=O) groups is 2. The molecule has 0 heterocycles. The van der Waals surface area contributed by atoms with E-state index >= 15 is 0 Å². The van der Waals surface area contributed by atoms with Crippen LogP contribution in [0.3, 0.4) is 0 Å². The van der Waals surface area contributed by atoms with Crippen molar-refractivity contribution in [2.45, 2.75) is 19.3 Å². The molecule has 0 amide bonds. The second-order valence-electron chi connectivity index (χ2n) is 3.72. The fourth-order valence-corrected chi connectivity index (χ4v) is 2.04. The van der Waals surface area contributed by atoms with Gasteiger partial charge in [-0.3, -0.25) is 4.79 Å². The van der Waals surface area contributed by atoms with Crippen molar-refractivity contribution in [1.29, 1.82) is 0 Å². The highest BCUT2D eigenvalue weighted by Gasteiger charge is 2.33. The SMILES string of the molecule is CC1CC(=O)c2c(C(=O)O)ccc(F)c21. The molecular formula is C11H9FO3. The van der Waals surface area contributed by atoms with Gasteiger partial charge in [-0.05, 0) is 18.1 Å². The first-order valence-electron chi connectivity index (χ1n) is 4.61. The molecule has 0 radical (unpaired) electrons. The number of carbonyl (C=O) groups excluding carboxylic acids is 1. The van der Waals surface area contributed by atoms with Crippen molar-refractivity contribution < 1.29 is 19.1 Å². The van der Waals surface area contributed by atoms with Crippen molar-refractivity contribution in [1.82, 2.24) is 0 Å². The molecule has 1 N–H and O–H groups in total. The molecule has 2 rings (SSSR count). The van der Waals surface area contributed by atoms with Crippen LogP contribution in [-0.2, 0) is 0 Å². The third kappa shape index (κ3) is 1.33. The minimum atomic E-state index is -1.19. The molecule has 1 aromatic carbocycles. The van der Waals surface area contributed by atoms with Crippen LogP contribution in [0.5, 0.6) is 0 Å². The van der Waals surface area contributed by atoms with Crippen LogP contribution in [0.15, 0.2) is 12.1 Å². The molecule has 3 nitrogen and oxygen atoms in total. The van der Waals surface area contributed by atoms with Gasteiger partial charge in [-0.25, -0.2) is 9.18 Å². The fourth-order valence-electron chi connectivity index (χ4n) is 2.04. The molecule has 0 aromatic heterocycles. The average molecular weight is 208 g/mol. The molecule has 1 atom stereocenters. The number of fused-ring (bicyclic) bond motifs is 1. The molecule has 0 spiro atoms. The van der Waals surface area contributed by atoms with Crippen LogP contribution in [0, 0.1) is 5.82 Å². The van der Waals surface area contributed by atoms with Crippen LogP contribution in [0.2, 0.25) is 0 Å². The van der Waals surface area contributed by atoms with Crippen molar-refractivity contribution >= 4 is 11.8 Å². The number of hydrogen-bond donors (Lipinski definition) is 1. The molecular weight excluding hydrogens is 199 g/mol. The standard InChI is InChI=1S/C11H9FO3/c1-5-4-8(13)10-6(11(14)15)2-3-7(12)9(5)10/h2-3,5H,4H2,1H3,(H,14,15). The summed E-state index contributed by atoms with van der Waals surface area (Å²) in [6.45, 7) is 1.72. The fraction of sp³-hybridized carbons (Fsp3) is 0.273. The van der Waals surface area contributed by atoms with Gasteiger partial charge in [0, 0.05) is 17.5 Å². The third-order valence-electron chi connectivity index (χ3n) is 2.69. The predicted octanol–water partition coefficient (Wildman–Crippen LogP) is 2.21. The summed E-state index contributed by atoms with van der Waals surface area (Å²) in [7, 11) is 0. The molecule has 0 fully saturated rings. The lowest BCUT2D eigenvalue weighted by atomic mass is 9.99. The highest BCUT2D eigenvalue weighted by Crippen LogP contribution is 2.36. The van der Waals surface area contributed by atoms with Crippen LogP contribution in [-0.4, -0.2) is 16.9 Å². The lowest BCUT2D eigenvalue weighted by Crippen LogP contribution is -2.06. The van der Waals surface area contributed by atoms with E-state index in [9.17, 15) is 14.0 Å². The van der Waals surface area contributed by atoms with Gasteiger partial charge in [0.1, 0.15) is 5.82 Å². The minimum Gasteiger partial charge on any atom is -0.478 e. The zero-order valence-electron chi connectivity index (χ0n) is 8.08. The number of ketones is 1. The highest BCUT2D eigenvalue weighted by molar-refractivity contribution is 6.09. The molecule has 0 saturated heterocycles. The third-order valence-corrected chi connectivity index (χ3v) is 2.69. The maximum Gasteiger partial charge on any atom is 0.336 e. The summed E-state index contributed by atoms with van der Waals surface area (Å²) in [5.41, 5.74) is 0.204. The summed E-state index contributed by atoms with van der Waals surface area (Å²) in [4.78, 5) is 22.4. The number of carboxylic acid groups (broad SMARTS) is 1. The lowest BCUT2D eigenvalue weighted by molar-refractivity contribution is 0.0692. The van der Waals surface area contributed by atoms with Crippen LogP contribution in [0.1, 0.15) is 45.5 Å². The predicted molar refractivity (Wildman–Crippen MR) is 50.7 cm³/mol. The van der Waals surface area contributed by atoms with Crippen molar-refractivity contribution in [2.75, 3.05) is 0 Å². The monoisotopic (exact) mass is 208 g/mol. The van der Waals surface area contributed by atoms with Crippen LogP contribution < -0.4 is 0 Å². The van der Waals surface area contributed by atoms with E-state index < -0.39 is 11.8 Å². The minimum absolute atomic E-state index is 0.0509. The topological polar surface area (TPSA) is 54.4 Å². The Kier molecular flexibility index (Phi) is 2.07. The van der Waals surface area contributed by atoms with Gasteiger partial charge in [0.2, 0.25) is 0 Å². The second-order valence-corrected chi connectivity index (χ2v) is 3.72. The van der Waals surface area contributed by atoms with Crippen molar-refractivity contribution in [3.05, 3.63) is 34.6 Å². The number of benzene rings is 1. The van der Waals surface area contributed by atoms with Gasteiger partial charge >= 0.3 is 5.97 Å². The summed E-state index contributed by atoms with van der Waals surface area (Å²) in [6.07, 6.45) is 0.191. The smallest absolute Gasteiger partial charge is 0.336 e. The number of carboxylic acids is 1. The zero-order valence-corrected chi connectivity index (χ0v) is 8.08. The number of Topliss-reactive ketones (excluding diaryl/α,β-unsaturated/α-hetero) is 1. The van der Waals surface area contributed by atoms with Gasteiger partial charge in [-0.15, -0.1) is 0 Å². The van der Waals surface area contributed by atoms with Crippen LogP contribution >= 0.6 is 0 Å². The molecule has 1 unspecified atom stereocenters. The molecule has 0 aliphatic heterocycles. The van der Waals surface area contributed by atoms with E-state index in [1.54, 1.807) is 6.92 Å². The van der Waals surface area contributed by atoms with E-state index in [1.807, 2.05) is 0 Å². The van der Waals surface area contributed by atoms with Gasteiger partial charge in [0.25, 0.3) is 0 Å². The van der Waals surface area contributed by atoms with E-state index in [-0.39, 0.29) is 34.8 Å². The molecule has 15 heavy (non-hydrogen) atoms. The summed E-state index contributed by atoms with van der Waals surface area (Å²) in [5.74, 6) is -2.19. The van der Waals surface area contributed by atoms with Crippen molar-refractivity contribution in [3.8, 4) is 0 Å². The van der Waals surface area contributed by atoms with Gasteiger partial charge < -0.3 is 5.11 Å². The first kappa shape index (κ1) is 9.83. The Labute approximate surface area is 85.5 Å². The average Bonchev–Trinajstić information content (AvgIpc) is 2.43. The number of halogens is 1. The summed E-state index contributed by atoms with van der Waals surface area (Å²) >= 11 is 0. The Morgan fingerprint density at radius 3 is 2.80 bits per heavy atom. The lowest BCUT2D eigenvalue weighted by Gasteiger charge is -2.06. The van der Waals surface area contributed by atoms with Gasteiger partial charge in [0.05, 0.1) is 5.56 Å².